The van der Waals surface area contributed by atoms with Gasteiger partial charge >= 0.3 is 0 Å². The molecule has 0 atom stereocenters. The molecule has 1 aromatic carbocycles. The van der Waals surface area contributed by atoms with Crippen molar-refractivity contribution in [1.29, 1.82) is 0 Å². The average molecular weight is 269 g/mol. The van der Waals surface area contributed by atoms with Gasteiger partial charge in [0, 0.05) is 23.5 Å². The maximum atomic E-state index is 6.15. The van der Waals surface area contributed by atoms with E-state index >= 15 is 0 Å². The molecule has 1 saturated carbocycles. The lowest BCUT2D eigenvalue weighted by molar-refractivity contribution is 0.251. The number of fused-ring (bicyclic) bond motifs is 1. The predicted molar refractivity (Wildman–Crippen MR) is 84.5 cm³/mol. The summed E-state index contributed by atoms with van der Waals surface area (Å²) in [6.45, 7) is 4.36. The van der Waals surface area contributed by atoms with Crippen LogP contribution in [-0.4, -0.2) is 22.5 Å². The van der Waals surface area contributed by atoms with E-state index in [1.807, 2.05) is 12.1 Å². The minimum atomic E-state index is 0.686. The van der Waals surface area contributed by atoms with Gasteiger partial charge in [-0.3, -0.25) is 4.90 Å². The highest BCUT2D eigenvalue weighted by molar-refractivity contribution is 5.81. The van der Waals surface area contributed by atoms with Crippen LogP contribution < -0.4 is 5.73 Å². The molecule has 0 amide bonds. The van der Waals surface area contributed by atoms with Crippen molar-refractivity contribution in [2.45, 2.75) is 45.2 Å². The molecule has 2 aromatic rings. The molecule has 1 heterocycles. The van der Waals surface area contributed by atoms with Crippen LogP contribution in [0.4, 0.5) is 5.82 Å². The Balaban J connectivity index is 1.83. The van der Waals surface area contributed by atoms with E-state index in [9.17, 15) is 0 Å². The van der Waals surface area contributed by atoms with Crippen molar-refractivity contribution in [3.8, 4) is 0 Å². The van der Waals surface area contributed by atoms with Gasteiger partial charge in [0.2, 0.25) is 0 Å². The van der Waals surface area contributed by atoms with Gasteiger partial charge in [-0.2, -0.15) is 0 Å². The van der Waals surface area contributed by atoms with Gasteiger partial charge in [-0.15, -0.1) is 0 Å². The van der Waals surface area contributed by atoms with Crippen LogP contribution in [0.1, 0.15) is 38.2 Å². The molecule has 0 unspecified atom stereocenters. The Morgan fingerprint density at radius 2 is 2.10 bits per heavy atom. The molecule has 1 aromatic heterocycles. The Hall–Kier alpha value is -1.61. The van der Waals surface area contributed by atoms with Crippen LogP contribution in [0.25, 0.3) is 10.9 Å². The number of nitrogens with two attached hydrogens (primary N) is 1. The molecule has 1 aliphatic carbocycles. The first-order valence-electron chi connectivity index (χ1n) is 7.66. The van der Waals surface area contributed by atoms with Crippen molar-refractivity contribution in [3.05, 3.63) is 35.9 Å². The third kappa shape index (κ3) is 2.93. The number of rotatable bonds is 6. The normalized spacial score (nSPS) is 15.1. The van der Waals surface area contributed by atoms with Gasteiger partial charge in [0.1, 0.15) is 5.82 Å². The molecule has 20 heavy (non-hydrogen) atoms. The first-order valence-corrected chi connectivity index (χ1v) is 7.66. The van der Waals surface area contributed by atoms with Crippen LogP contribution in [0.15, 0.2) is 30.3 Å². The molecule has 3 nitrogen and oxygen atoms in total. The number of hydrogen-bond acceptors (Lipinski definition) is 3. The second kappa shape index (κ2) is 5.80. The SMILES string of the molecule is CCCCN(Cc1cc2ccccc2nc1N)C1CC1. The summed E-state index contributed by atoms with van der Waals surface area (Å²) in [5, 5.41) is 1.18. The van der Waals surface area contributed by atoms with E-state index in [4.69, 9.17) is 5.73 Å². The second-order valence-corrected chi connectivity index (χ2v) is 5.78. The predicted octanol–water partition coefficient (Wildman–Crippen LogP) is 3.58. The number of para-hydroxylation sites is 1. The molecular weight excluding hydrogens is 246 g/mol. The molecule has 3 heteroatoms. The van der Waals surface area contributed by atoms with Crippen molar-refractivity contribution >= 4 is 16.7 Å². The second-order valence-electron chi connectivity index (χ2n) is 5.78. The van der Waals surface area contributed by atoms with Crippen LogP contribution in [0, 0.1) is 0 Å². The zero-order chi connectivity index (χ0) is 13.9. The zero-order valence-electron chi connectivity index (χ0n) is 12.2. The smallest absolute Gasteiger partial charge is 0.128 e. The molecule has 0 saturated heterocycles. The minimum Gasteiger partial charge on any atom is -0.383 e. The van der Waals surface area contributed by atoms with Gasteiger partial charge in [-0.25, -0.2) is 4.98 Å². The lowest BCUT2D eigenvalue weighted by atomic mass is 10.1. The van der Waals surface area contributed by atoms with Gasteiger partial charge in [-0.05, 0) is 37.9 Å². The van der Waals surface area contributed by atoms with E-state index in [0.29, 0.717) is 5.82 Å². The number of hydrogen-bond donors (Lipinski definition) is 1. The molecular formula is C17H23N3. The van der Waals surface area contributed by atoms with Gasteiger partial charge < -0.3 is 5.73 Å². The third-order valence-electron chi connectivity index (χ3n) is 4.07. The highest BCUT2D eigenvalue weighted by Crippen LogP contribution is 2.30. The summed E-state index contributed by atoms with van der Waals surface area (Å²) in [7, 11) is 0. The molecule has 0 aliphatic heterocycles. The summed E-state index contributed by atoms with van der Waals surface area (Å²) < 4.78 is 0. The van der Waals surface area contributed by atoms with Crippen LogP contribution >= 0.6 is 0 Å². The van der Waals surface area contributed by atoms with Gasteiger partial charge in [0.15, 0.2) is 0 Å². The number of nitrogen functional groups attached to an aromatic ring is 1. The lowest BCUT2D eigenvalue weighted by Crippen LogP contribution is -2.27. The average Bonchev–Trinajstić information content (AvgIpc) is 3.28. The summed E-state index contributed by atoms with van der Waals surface area (Å²) in [5.74, 6) is 0.686. The summed E-state index contributed by atoms with van der Waals surface area (Å²) >= 11 is 0. The van der Waals surface area contributed by atoms with Crippen molar-refractivity contribution in [2.24, 2.45) is 0 Å². The molecule has 0 spiro atoms. The standard InChI is InChI=1S/C17H23N3/c1-2-3-10-20(15-8-9-15)12-14-11-13-6-4-5-7-16(13)19-17(14)18/h4-7,11,15H,2-3,8-10,12H2,1H3,(H2,18,19). The van der Waals surface area contributed by atoms with E-state index in [-0.39, 0.29) is 0 Å². The van der Waals surface area contributed by atoms with E-state index in [1.54, 1.807) is 0 Å². The molecule has 1 aliphatic rings. The van der Waals surface area contributed by atoms with Gasteiger partial charge in [0.25, 0.3) is 0 Å². The Kier molecular flexibility index (Phi) is 3.88. The van der Waals surface area contributed by atoms with Gasteiger partial charge in [-0.1, -0.05) is 31.5 Å². The molecule has 0 bridgehead atoms. The van der Waals surface area contributed by atoms with E-state index < -0.39 is 0 Å². The van der Waals surface area contributed by atoms with E-state index in [0.717, 1.165) is 18.1 Å². The molecule has 3 rings (SSSR count). The Bertz CT molecular complexity index is 590. The fourth-order valence-corrected chi connectivity index (χ4v) is 2.71. The Morgan fingerprint density at radius 3 is 2.85 bits per heavy atom. The summed E-state index contributed by atoms with van der Waals surface area (Å²) in [4.78, 5) is 7.11. The number of unbranched alkanes of at least 4 members (excludes halogenated alkanes) is 1. The fraction of sp³-hybridized carbons (Fsp3) is 0.471. The Morgan fingerprint density at radius 1 is 1.30 bits per heavy atom. The van der Waals surface area contributed by atoms with E-state index in [2.05, 4.69) is 35.0 Å². The quantitative estimate of drug-likeness (QED) is 0.871. The summed E-state index contributed by atoms with van der Waals surface area (Å²) in [5.41, 5.74) is 8.31. The van der Waals surface area contributed by atoms with Crippen molar-refractivity contribution in [3.63, 3.8) is 0 Å². The molecule has 1 fully saturated rings. The first kappa shape index (κ1) is 13.4. The maximum Gasteiger partial charge on any atom is 0.128 e. The monoisotopic (exact) mass is 269 g/mol. The topological polar surface area (TPSA) is 42.2 Å². The van der Waals surface area contributed by atoms with Gasteiger partial charge in [0.05, 0.1) is 5.52 Å². The highest BCUT2D eigenvalue weighted by atomic mass is 15.2. The maximum absolute atomic E-state index is 6.15. The summed E-state index contributed by atoms with van der Waals surface area (Å²) in [6, 6.07) is 11.2. The minimum absolute atomic E-state index is 0.686. The van der Waals surface area contributed by atoms with Crippen LogP contribution in [-0.2, 0) is 6.54 Å². The summed E-state index contributed by atoms with van der Waals surface area (Å²) in [6.07, 6.45) is 5.18. The number of pyridine rings is 1. The third-order valence-corrected chi connectivity index (χ3v) is 4.07. The highest BCUT2D eigenvalue weighted by Gasteiger charge is 2.28. The number of nitrogens with zero attached hydrogens (tertiary/aromatic N) is 2. The largest absolute Gasteiger partial charge is 0.383 e. The number of aromatic nitrogens is 1. The Labute approximate surface area is 120 Å². The molecule has 2 N–H and O–H groups in total. The van der Waals surface area contributed by atoms with E-state index in [1.165, 1.54) is 43.2 Å². The van der Waals surface area contributed by atoms with Crippen molar-refractivity contribution in [1.82, 2.24) is 9.88 Å². The fourth-order valence-electron chi connectivity index (χ4n) is 2.71. The van der Waals surface area contributed by atoms with Crippen LogP contribution in [0.2, 0.25) is 0 Å². The van der Waals surface area contributed by atoms with Crippen LogP contribution in [0.3, 0.4) is 0 Å². The zero-order valence-corrected chi connectivity index (χ0v) is 12.2. The number of anilines is 1. The van der Waals surface area contributed by atoms with Crippen LogP contribution in [0.5, 0.6) is 0 Å². The first-order chi connectivity index (χ1) is 9.78. The lowest BCUT2D eigenvalue weighted by Gasteiger charge is -2.22. The molecule has 0 radical (unpaired) electrons. The number of benzene rings is 1. The molecule has 106 valence electrons. The van der Waals surface area contributed by atoms with Crippen molar-refractivity contribution in [2.75, 3.05) is 12.3 Å². The van der Waals surface area contributed by atoms with Crippen molar-refractivity contribution < 1.29 is 0 Å².